The number of ether oxygens (including phenoxy) is 2. The number of aromatic amines is 2. The minimum atomic E-state index is -0.0153. The van der Waals surface area contributed by atoms with Crippen molar-refractivity contribution in [3.8, 4) is 12.0 Å². The van der Waals surface area contributed by atoms with Gasteiger partial charge in [-0.25, -0.2) is 0 Å². The number of carbonyl (C=O) groups is 1. The van der Waals surface area contributed by atoms with Gasteiger partial charge in [0.15, 0.2) is 0 Å². The van der Waals surface area contributed by atoms with Crippen LogP contribution in [0, 0.1) is 13.8 Å². The predicted molar refractivity (Wildman–Crippen MR) is 303 cm³/mol. The van der Waals surface area contributed by atoms with E-state index in [0.717, 1.165) is 118 Å². The molecule has 2 unspecified atom stereocenters. The summed E-state index contributed by atoms with van der Waals surface area (Å²) < 4.78 is 12.5. The van der Waals surface area contributed by atoms with Crippen LogP contribution in [0.15, 0.2) is 49.3 Å². The Balaban J connectivity index is 0.000000178. The fraction of sp³-hybridized carbons (Fsp3) is 0.537. The normalized spacial score (nSPS) is 20.1. The number of hydrogen-bond donors (Lipinski definition) is 2. The van der Waals surface area contributed by atoms with Gasteiger partial charge in [0.1, 0.15) is 24.8 Å². The quantitative estimate of drug-likeness (QED) is 0.136. The smallest absolute Gasteiger partial charge is 0.318 e. The Morgan fingerprint density at radius 2 is 1.08 bits per heavy atom. The van der Waals surface area contributed by atoms with E-state index in [-0.39, 0.29) is 32.9 Å². The number of anilines is 4. The van der Waals surface area contributed by atoms with E-state index >= 15 is 0 Å². The molecule has 0 saturated carbocycles. The van der Waals surface area contributed by atoms with Crippen molar-refractivity contribution in [3.05, 3.63) is 83.0 Å². The molecule has 396 valence electrons. The SMILES string of the molecule is C=CC(=O)N1CCN(c2nc(OCC3CCCN3C)nc3c2CCN(c2c(C)ccc4[nH]ncc24)C3)CC1.Cc1ccc2[nH]ncc2c1N1CCc2c(nc(OCC3CCCN3C)nc2N2CCCCC2)C1.S.S. The van der Waals surface area contributed by atoms with Gasteiger partial charge in [0.2, 0.25) is 5.91 Å². The molecule has 4 aromatic heterocycles. The van der Waals surface area contributed by atoms with Crippen LogP contribution in [0.5, 0.6) is 12.0 Å². The summed E-state index contributed by atoms with van der Waals surface area (Å²) in [6.07, 6.45) is 15.6. The molecule has 10 heterocycles. The third-order valence-corrected chi connectivity index (χ3v) is 16.1. The second kappa shape index (κ2) is 23.4. The number of fused-ring (bicyclic) bond motifs is 4. The lowest BCUT2D eigenvalue weighted by Crippen LogP contribution is -2.49. The number of likely N-dealkylation sites (tertiary alicyclic amines) is 2. The number of aryl methyl sites for hydroxylation is 2. The minimum absolute atomic E-state index is 0. The Kier molecular flexibility index (Phi) is 16.7. The molecule has 18 nitrogen and oxygen atoms in total. The van der Waals surface area contributed by atoms with Crippen molar-refractivity contribution in [2.45, 2.75) is 96.8 Å². The van der Waals surface area contributed by atoms with Crippen molar-refractivity contribution < 1.29 is 14.3 Å². The van der Waals surface area contributed by atoms with Gasteiger partial charge in [0, 0.05) is 86.3 Å². The van der Waals surface area contributed by atoms with Crippen LogP contribution in [-0.4, -0.2) is 166 Å². The summed E-state index contributed by atoms with van der Waals surface area (Å²) in [7, 11) is 4.34. The first-order valence-corrected chi connectivity index (χ1v) is 26.4. The minimum Gasteiger partial charge on any atom is -0.462 e. The van der Waals surface area contributed by atoms with Crippen molar-refractivity contribution in [3.63, 3.8) is 0 Å². The van der Waals surface area contributed by atoms with Gasteiger partial charge in [-0.1, -0.05) is 18.7 Å². The summed E-state index contributed by atoms with van der Waals surface area (Å²) in [4.78, 5) is 48.2. The number of nitrogens with one attached hydrogen (secondary N) is 2. The molecule has 20 heteroatoms. The van der Waals surface area contributed by atoms with Crippen LogP contribution in [0.1, 0.15) is 78.6 Å². The molecule has 2 aromatic carbocycles. The summed E-state index contributed by atoms with van der Waals surface area (Å²) in [6.45, 7) is 19.7. The van der Waals surface area contributed by atoms with E-state index in [9.17, 15) is 4.79 Å². The third-order valence-electron chi connectivity index (χ3n) is 16.1. The Hall–Kier alpha value is -5.83. The number of nitrogens with zero attached hydrogens (tertiary/aromatic N) is 13. The largest absolute Gasteiger partial charge is 0.462 e. The Morgan fingerprint density at radius 1 is 0.608 bits per heavy atom. The van der Waals surface area contributed by atoms with E-state index in [1.165, 1.54) is 83.6 Å². The molecule has 2 N–H and O–H groups in total. The Bertz CT molecular complexity index is 2920. The molecule has 74 heavy (non-hydrogen) atoms. The topological polar surface area (TPSA) is 167 Å². The number of likely N-dealkylation sites (N-methyl/N-ethyl adjacent to an activating group) is 2. The van der Waals surface area contributed by atoms with Crippen LogP contribution in [-0.2, 0) is 30.7 Å². The monoisotopic (exact) mass is 1050 g/mol. The number of carbonyl (C=O) groups excluding carboxylic acids is 1. The van der Waals surface area contributed by atoms with Crippen molar-refractivity contribution in [1.82, 2.24) is 55.0 Å². The first-order valence-electron chi connectivity index (χ1n) is 26.4. The van der Waals surface area contributed by atoms with Gasteiger partial charge in [0.25, 0.3) is 0 Å². The number of piperazine rings is 1. The van der Waals surface area contributed by atoms with E-state index in [1.54, 1.807) is 0 Å². The number of benzene rings is 2. The number of piperidine rings is 1. The van der Waals surface area contributed by atoms with Crippen molar-refractivity contribution in [1.29, 1.82) is 0 Å². The first kappa shape index (κ1) is 53.0. The van der Waals surface area contributed by atoms with Gasteiger partial charge in [-0.05, 0) is 128 Å². The summed E-state index contributed by atoms with van der Waals surface area (Å²) in [5.74, 6) is 2.05. The van der Waals surface area contributed by atoms with Gasteiger partial charge in [-0.3, -0.25) is 15.0 Å². The highest BCUT2D eigenvalue weighted by Crippen LogP contribution is 2.38. The lowest BCUT2D eigenvalue weighted by atomic mass is 10.0. The lowest BCUT2D eigenvalue weighted by Gasteiger charge is -2.38. The number of amides is 1. The standard InChI is InChI=1S/C28H36N8O2.C26H35N7O.2H2S/c1-4-25(37)34-12-14-35(15-13-34)27-21-9-11-36(26-19(2)7-8-23-22(26)16-29-32-23)17-24(21)30-28(31-27)38-18-20-6-5-10-33(20)3;1-18-8-9-22-21(15-27-30-22)24(18)33-14-10-20-23(16-33)28-26(34-17-19-7-6-11-31(19)2)29-25(20)32-12-4-3-5-13-32;;/h4,7-8,16,20H,1,5-6,9-15,17-18H2,2-3H3,(H,29,32);8-9,15,19H,3-7,10-14,16-17H2,1-2H3,(H,27,30);2*1H2. The highest BCUT2D eigenvalue weighted by Gasteiger charge is 2.32. The maximum Gasteiger partial charge on any atom is 0.318 e. The molecular weight excluding hydrogens is 971 g/mol. The van der Waals surface area contributed by atoms with Gasteiger partial charge in [-0.2, -0.15) is 57.1 Å². The lowest BCUT2D eigenvalue weighted by molar-refractivity contribution is -0.126. The summed E-state index contributed by atoms with van der Waals surface area (Å²) in [6, 6.07) is 10.4. The summed E-state index contributed by atoms with van der Waals surface area (Å²) >= 11 is 0. The van der Waals surface area contributed by atoms with Gasteiger partial charge < -0.3 is 43.8 Å². The molecule has 0 spiro atoms. The summed E-state index contributed by atoms with van der Waals surface area (Å²) in [5.41, 5.74) is 11.7. The first-order chi connectivity index (χ1) is 35.2. The molecule has 0 radical (unpaired) electrons. The molecule has 6 aliphatic rings. The molecular formula is C54H75N15O3S2. The Morgan fingerprint density at radius 3 is 1.53 bits per heavy atom. The summed E-state index contributed by atoms with van der Waals surface area (Å²) in [5, 5.41) is 17.1. The predicted octanol–water partition coefficient (Wildman–Crippen LogP) is 6.44. The van der Waals surface area contributed by atoms with E-state index in [0.29, 0.717) is 57.0 Å². The van der Waals surface area contributed by atoms with E-state index in [4.69, 9.17) is 29.4 Å². The Labute approximate surface area is 449 Å². The third kappa shape index (κ3) is 11.0. The van der Waals surface area contributed by atoms with Crippen LogP contribution in [0.4, 0.5) is 23.0 Å². The second-order valence-corrected chi connectivity index (χ2v) is 20.7. The van der Waals surface area contributed by atoms with Crippen molar-refractivity contribution >= 4 is 77.7 Å². The number of hydrogen-bond acceptors (Lipinski definition) is 15. The average molecular weight is 1050 g/mol. The molecule has 6 aromatic rings. The maximum absolute atomic E-state index is 12.1. The highest BCUT2D eigenvalue weighted by molar-refractivity contribution is 7.59. The number of H-pyrrole nitrogens is 2. The number of aromatic nitrogens is 8. The van der Waals surface area contributed by atoms with Gasteiger partial charge in [0.05, 0.1) is 59.3 Å². The average Bonchev–Trinajstić information content (AvgIpc) is 4.26. The van der Waals surface area contributed by atoms with Gasteiger partial charge >= 0.3 is 12.0 Å². The van der Waals surface area contributed by atoms with E-state index in [2.05, 4.69) is 109 Å². The van der Waals surface area contributed by atoms with Crippen LogP contribution in [0.25, 0.3) is 21.8 Å². The maximum atomic E-state index is 12.1. The zero-order chi connectivity index (χ0) is 49.3. The van der Waals surface area contributed by atoms with E-state index in [1.807, 2.05) is 17.3 Å². The number of rotatable bonds is 11. The van der Waals surface area contributed by atoms with Crippen LogP contribution in [0.3, 0.4) is 0 Å². The molecule has 0 aliphatic carbocycles. The zero-order valence-corrected chi connectivity index (χ0v) is 45.7. The van der Waals surface area contributed by atoms with Crippen LogP contribution >= 0.6 is 27.0 Å². The van der Waals surface area contributed by atoms with E-state index < -0.39 is 0 Å². The van der Waals surface area contributed by atoms with Crippen LogP contribution in [0.2, 0.25) is 0 Å². The molecule has 2 atom stereocenters. The fourth-order valence-corrected chi connectivity index (χ4v) is 12.0. The van der Waals surface area contributed by atoms with Crippen LogP contribution < -0.4 is 29.1 Å². The van der Waals surface area contributed by atoms with Crippen molar-refractivity contribution in [2.24, 2.45) is 0 Å². The highest BCUT2D eigenvalue weighted by atomic mass is 32.1. The van der Waals surface area contributed by atoms with Gasteiger partial charge in [-0.15, -0.1) is 0 Å². The second-order valence-electron chi connectivity index (χ2n) is 20.7. The molecule has 0 bridgehead atoms. The van der Waals surface area contributed by atoms with Crippen molar-refractivity contribution in [2.75, 3.05) is 112 Å². The molecule has 4 fully saturated rings. The zero-order valence-electron chi connectivity index (χ0n) is 43.7. The molecule has 4 saturated heterocycles. The molecule has 12 rings (SSSR count). The molecule has 6 aliphatic heterocycles. The molecule has 1 amide bonds. The fourth-order valence-electron chi connectivity index (χ4n) is 12.0.